The molecule has 0 aromatic carbocycles. The minimum absolute atomic E-state index is 0.165. The van der Waals surface area contributed by atoms with E-state index in [2.05, 4.69) is 59.8 Å². The van der Waals surface area contributed by atoms with Crippen molar-refractivity contribution in [3.63, 3.8) is 0 Å². The Morgan fingerprint density at radius 3 is 2.50 bits per heavy atom. The normalized spacial score (nSPS) is 43.3. The van der Waals surface area contributed by atoms with Crippen LogP contribution in [0.4, 0.5) is 0 Å². The number of ether oxygens (including phenoxy) is 1. The third-order valence-electron chi connectivity index (χ3n) is 10.9. The zero-order valence-corrected chi connectivity index (χ0v) is 22.4. The van der Waals surface area contributed by atoms with Crippen molar-refractivity contribution >= 4 is 11.8 Å². The maximum absolute atomic E-state index is 13.1. The molecule has 0 spiro atoms. The summed E-state index contributed by atoms with van der Waals surface area (Å²) in [6.07, 6.45) is 14.0. The number of aliphatic hydroxyl groups is 1. The van der Waals surface area contributed by atoms with E-state index in [0.717, 1.165) is 19.3 Å². The van der Waals surface area contributed by atoms with Gasteiger partial charge >= 0.3 is 5.97 Å². The molecule has 4 heteroatoms. The van der Waals surface area contributed by atoms with Gasteiger partial charge in [0.25, 0.3) is 0 Å². The predicted octanol–water partition coefficient (Wildman–Crippen LogP) is 6.13. The van der Waals surface area contributed by atoms with Gasteiger partial charge in [0.2, 0.25) is 11.4 Å². The summed E-state index contributed by atoms with van der Waals surface area (Å²) in [4.78, 5) is 25.5. The van der Waals surface area contributed by atoms with Gasteiger partial charge in [-0.05, 0) is 85.4 Å². The van der Waals surface area contributed by atoms with Crippen molar-refractivity contribution < 1.29 is 19.4 Å². The number of fused-ring (bicyclic) bond motifs is 5. The summed E-state index contributed by atoms with van der Waals surface area (Å²) in [6.45, 7) is 14.0. The molecule has 4 rings (SSSR count). The Balaban J connectivity index is 1.57. The van der Waals surface area contributed by atoms with Gasteiger partial charge in [-0.25, -0.2) is 4.79 Å². The molecule has 190 valence electrons. The first-order chi connectivity index (χ1) is 15.9. The van der Waals surface area contributed by atoms with Gasteiger partial charge in [-0.1, -0.05) is 59.8 Å². The molecule has 0 radical (unpaired) electrons. The zero-order chi connectivity index (χ0) is 25.1. The first-order valence-electron chi connectivity index (χ1n) is 13.7. The SMILES string of the molecule is CC[C@@H](/C=C/[C@@H](C)[C@H]1CC[C@H]2[C@@H]3CC=C4C(=O)[C@](O)(C(=O)OC)C[C@]4(C)[C@H]3CC[C@]12C)C(C)C. The quantitative estimate of drug-likeness (QED) is 0.288. The summed E-state index contributed by atoms with van der Waals surface area (Å²) in [7, 11) is 1.25. The van der Waals surface area contributed by atoms with Crippen LogP contribution in [0.2, 0.25) is 0 Å². The maximum atomic E-state index is 13.1. The highest BCUT2D eigenvalue weighted by Gasteiger charge is 2.67. The lowest BCUT2D eigenvalue weighted by atomic mass is 9.49. The van der Waals surface area contributed by atoms with E-state index in [1.807, 2.05) is 0 Å². The van der Waals surface area contributed by atoms with Gasteiger partial charge in [-0.15, -0.1) is 0 Å². The molecule has 4 nitrogen and oxygen atoms in total. The van der Waals surface area contributed by atoms with Crippen LogP contribution in [0, 0.1) is 52.3 Å². The highest BCUT2D eigenvalue weighted by molar-refractivity contribution is 6.18. The number of methoxy groups -OCH3 is 1. The van der Waals surface area contributed by atoms with Crippen LogP contribution in [0.3, 0.4) is 0 Å². The highest BCUT2D eigenvalue weighted by atomic mass is 16.5. The van der Waals surface area contributed by atoms with Crippen molar-refractivity contribution in [1.29, 1.82) is 0 Å². The smallest absolute Gasteiger partial charge is 0.346 e. The number of Topliss-reactive ketones (excluding diaryl/α,β-unsaturated/α-hetero) is 1. The van der Waals surface area contributed by atoms with E-state index in [0.29, 0.717) is 52.4 Å². The average molecular weight is 471 g/mol. The second-order valence-corrected chi connectivity index (χ2v) is 12.8. The molecule has 4 aliphatic rings. The Morgan fingerprint density at radius 1 is 1.18 bits per heavy atom. The van der Waals surface area contributed by atoms with E-state index in [-0.39, 0.29) is 6.42 Å². The van der Waals surface area contributed by atoms with Gasteiger partial charge in [-0.3, -0.25) is 4.79 Å². The van der Waals surface area contributed by atoms with Crippen molar-refractivity contribution in [1.82, 2.24) is 0 Å². The molecule has 9 atom stereocenters. The molecule has 1 N–H and O–H groups in total. The zero-order valence-electron chi connectivity index (χ0n) is 22.4. The molecule has 0 unspecified atom stereocenters. The molecular weight excluding hydrogens is 424 g/mol. The molecule has 0 aromatic heterocycles. The number of carbonyl (C=O) groups excluding carboxylic acids is 2. The van der Waals surface area contributed by atoms with E-state index in [1.165, 1.54) is 26.4 Å². The summed E-state index contributed by atoms with van der Waals surface area (Å²) in [5.41, 5.74) is -1.47. The van der Waals surface area contributed by atoms with Gasteiger partial charge < -0.3 is 9.84 Å². The van der Waals surface area contributed by atoms with E-state index < -0.39 is 22.8 Å². The highest BCUT2D eigenvalue weighted by Crippen LogP contribution is 2.68. The van der Waals surface area contributed by atoms with Crippen LogP contribution >= 0.6 is 0 Å². The van der Waals surface area contributed by atoms with Crippen molar-refractivity contribution in [3.8, 4) is 0 Å². The molecular formula is C30H46O4. The Labute approximate surface area is 206 Å². The molecule has 3 fully saturated rings. The van der Waals surface area contributed by atoms with Gasteiger partial charge in [0.1, 0.15) is 0 Å². The van der Waals surface area contributed by atoms with Crippen LogP contribution in [-0.4, -0.2) is 29.6 Å². The lowest BCUT2D eigenvalue weighted by molar-refractivity contribution is -0.166. The van der Waals surface area contributed by atoms with Crippen LogP contribution in [0.5, 0.6) is 0 Å². The molecule has 34 heavy (non-hydrogen) atoms. The van der Waals surface area contributed by atoms with E-state index in [4.69, 9.17) is 4.74 Å². The molecule has 0 amide bonds. The molecule has 0 saturated heterocycles. The average Bonchev–Trinajstić information content (AvgIpc) is 3.25. The maximum Gasteiger partial charge on any atom is 0.346 e. The van der Waals surface area contributed by atoms with E-state index >= 15 is 0 Å². The van der Waals surface area contributed by atoms with Gasteiger partial charge in [-0.2, -0.15) is 0 Å². The Kier molecular flexibility index (Phi) is 6.72. The topological polar surface area (TPSA) is 63.6 Å². The fourth-order valence-electron chi connectivity index (χ4n) is 9.03. The molecule has 0 bridgehead atoms. The molecule has 0 heterocycles. The number of esters is 1. The van der Waals surface area contributed by atoms with Gasteiger partial charge in [0.15, 0.2) is 0 Å². The first kappa shape index (κ1) is 25.7. The number of ketones is 1. The minimum atomic E-state index is -2.02. The summed E-state index contributed by atoms with van der Waals surface area (Å²) in [5.74, 6) is 2.85. The van der Waals surface area contributed by atoms with Gasteiger partial charge in [0.05, 0.1) is 7.11 Å². The summed E-state index contributed by atoms with van der Waals surface area (Å²) in [6, 6.07) is 0. The van der Waals surface area contributed by atoms with Crippen molar-refractivity contribution in [2.45, 2.75) is 92.1 Å². The van der Waals surface area contributed by atoms with Crippen molar-refractivity contribution in [2.24, 2.45) is 52.3 Å². The van der Waals surface area contributed by atoms with Crippen LogP contribution < -0.4 is 0 Å². The second-order valence-electron chi connectivity index (χ2n) is 12.8. The lowest BCUT2D eigenvalue weighted by Crippen LogP contribution is -2.49. The van der Waals surface area contributed by atoms with Crippen LogP contribution in [0.15, 0.2) is 23.8 Å². The van der Waals surface area contributed by atoms with Gasteiger partial charge in [0, 0.05) is 17.4 Å². The monoisotopic (exact) mass is 470 g/mol. The fraction of sp³-hybridized carbons (Fsp3) is 0.800. The van der Waals surface area contributed by atoms with Crippen molar-refractivity contribution in [2.75, 3.05) is 7.11 Å². The molecule has 4 aliphatic carbocycles. The fourth-order valence-corrected chi connectivity index (χ4v) is 9.03. The first-order valence-corrected chi connectivity index (χ1v) is 13.7. The Morgan fingerprint density at radius 2 is 1.88 bits per heavy atom. The Bertz CT molecular complexity index is 886. The number of allylic oxidation sites excluding steroid dienone is 3. The third-order valence-corrected chi connectivity index (χ3v) is 10.9. The number of rotatable bonds is 6. The molecule has 0 aliphatic heterocycles. The van der Waals surface area contributed by atoms with Crippen LogP contribution in [0.1, 0.15) is 86.5 Å². The predicted molar refractivity (Wildman–Crippen MR) is 135 cm³/mol. The largest absolute Gasteiger partial charge is 0.467 e. The number of hydrogen-bond donors (Lipinski definition) is 1. The van der Waals surface area contributed by atoms with Crippen LogP contribution in [-0.2, 0) is 14.3 Å². The second kappa shape index (κ2) is 8.91. The number of hydrogen-bond acceptors (Lipinski definition) is 4. The third kappa shape index (κ3) is 3.65. The molecule has 3 saturated carbocycles. The standard InChI is InChI=1S/C30H46O4/c1-8-20(18(2)3)10-9-19(4)22-13-14-23-21-11-12-25-26(31)30(33,27(32)34-7)17-29(25,6)24(21)15-16-28(22,23)5/h9-10,12,18-24,33H,8,11,13-17H2,1-7H3/b10-9+/t19-,20+,21+,22-,23+,24+,28-,29-,30+/m1/s1. The minimum Gasteiger partial charge on any atom is -0.467 e. The summed E-state index contributed by atoms with van der Waals surface area (Å²) in [5, 5.41) is 11.1. The summed E-state index contributed by atoms with van der Waals surface area (Å²) >= 11 is 0. The lowest BCUT2D eigenvalue weighted by Gasteiger charge is -2.55. The summed E-state index contributed by atoms with van der Waals surface area (Å²) < 4.78 is 4.84. The van der Waals surface area contributed by atoms with Crippen LogP contribution in [0.25, 0.3) is 0 Å². The van der Waals surface area contributed by atoms with E-state index in [9.17, 15) is 14.7 Å². The number of carbonyl (C=O) groups is 2. The van der Waals surface area contributed by atoms with Crippen molar-refractivity contribution in [3.05, 3.63) is 23.8 Å². The van der Waals surface area contributed by atoms with E-state index in [1.54, 1.807) is 0 Å². The molecule has 0 aromatic rings. The Hall–Kier alpha value is -1.42.